The fourth-order valence-corrected chi connectivity index (χ4v) is 3.05. The average Bonchev–Trinajstić information content (AvgIpc) is 2.53. The molecule has 3 aromatic rings. The molecule has 3 rings (SSSR count). The van der Waals surface area contributed by atoms with Crippen LogP contribution < -0.4 is 9.47 Å². The van der Waals surface area contributed by atoms with Crippen LogP contribution in [0.4, 0.5) is 0 Å². The molecule has 0 fully saturated rings. The molecule has 0 amide bonds. The molecule has 0 bridgehead atoms. The highest BCUT2D eigenvalue weighted by Crippen LogP contribution is 2.50. The van der Waals surface area contributed by atoms with Crippen LogP contribution in [-0.2, 0) is 0 Å². The van der Waals surface area contributed by atoms with Crippen LogP contribution in [0.3, 0.4) is 0 Å². The van der Waals surface area contributed by atoms with Crippen LogP contribution in [0.1, 0.15) is 11.1 Å². The van der Waals surface area contributed by atoms with E-state index in [4.69, 9.17) is 9.47 Å². The van der Waals surface area contributed by atoms with Gasteiger partial charge in [0.15, 0.2) is 0 Å². The first-order chi connectivity index (χ1) is 10.5. The number of phenols is 2. The number of ether oxygens (including phenoxy) is 2. The van der Waals surface area contributed by atoms with E-state index in [1.54, 1.807) is 12.1 Å². The minimum absolute atomic E-state index is 0.0970. The molecule has 2 N–H and O–H groups in total. The van der Waals surface area contributed by atoms with Crippen molar-refractivity contribution in [2.24, 2.45) is 0 Å². The second-order valence-corrected chi connectivity index (χ2v) is 5.37. The van der Waals surface area contributed by atoms with Crippen LogP contribution in [0.2, 0.25) is 0 Å². The molecule has 0 radical (unpaired) electrons. The molecule has 3 aromatic carbocycles. The van der Waals surface area contributed by atoms with Crippen LogP contribution in [0.15, 0.2) is 24.3 Å². The number of rotatable bonds is 2. The van der Waals surface area contributed by atoms with Gasteiger partial charge in [0.25, 0.3) is 0 Å². The molecule has 114 valence electrons. The van der Waals surface area contributed by atoms with E-state index in [9.17, 15) is 10.2 Å². The summed E-state index contributed by atoms with van der Waals surface area (Å²) in [7, 11) is 3.07. The minimum Gasteiger partial charge on any atom is -0.506 e. The lowest BCUT2D eigenvalue weighted by atomic mass is 9.94. The van der Waals surface area contributed by atoms with Gasteiger partial charge in [-0.1, -0.05) is 12.1 Å². The third kappa shape index (κ3) is 1.77. The summed E-state index contributed by atoms with van der Waals surface area (Å²) in [4.78, 5) is 0. The van der Waals surface area contributed by atoms with Crippen LogP contribution >= 0.6 is 0 Å². The van der Waals surface area contributed by atoms with Gasteiger partial charge in [0, 0.05) is 10.8 Å². The summed E-state index contributed by atoms with van der Waals surface area (Å²) in [5.41, 5.74) is 1.78. The highest BCUT2D eigenvalue weighted by atomic mass is 16.5. The fourth-order valence-electron chi connectivity index (χ4n) is 3.05. The minimum atomic E-state index is 0.0970. The van der Waals surface area contributed by atoms with Gasteiger partial charge in [0.05, 0.1) is 25.0 Å². The molecule has 4 heteroatoms. The van der Waals surface area contributed by atoms with Gasteiger partial charge in [-0.2, -0.15) is 0 Å². The third-order valence-electron chi connectivity index (χ3n) is 4.14. The zero-order chi connectivity index (χ0) is 16.0. The summed E-state index contributed by atoms with van der Waals surface area (Å²) in [6, 6.07) is 7.29. The maximum absolute atomic E-state index is 10.8. The van der Waals surface area contributed by atoms with Crippen LogP contribution in [0, 0.1) is 13.8 Å². The van der Waals surface area contributed by atoms with Gasteiger partial charge in [-0.25, -0.2) is 0 Å². The molecule has 0 aliphatic heterocycles. The topological polar surface area (TPSA) is 58.9 Å². The summed E-state index contributed by atoms with van der Waals surface area (Å²) >= 11 is 0. The molecule has 0 aliphatic rings. The highest BCUT2D eigenvalue weighted by molar-refractivity contribution is 6.16. The van der Waals surface area contributed by atoms with Crippen molar-refractivity contribution in [3.05, 3.63) is 35.4 Å². The van der Waals surface area contributed by atoms with E-state index >= 15 is 0 Å². The number of fused-ring (bicyclic) bond motifs is 2. The molecule has 0 unspecified atom stereocenters. The number of hydrogen-bond donors (Lipinski definition) is 2. The van der Waals surface area contributed by atoms with E-state index in [2.05, 4.69) is 0 Å². The smallest absolute Gasteiger partial charge is 0.135 e. The number of hydrogen-bond acceptors (Lipinski definition) is 4. The Labute approximate surface area is 128 Å². The lowest BCUT2D eigenvalue weighted by Crippen LogP contribution is -1.93. The van der Waals surface area contributed by atoms with E-state index in [1.165, 1.54) is 14.2 Å². The average molecular weight is 298 g/mol. The Hall–Kier alpha value is -2.62. The zero-order valence-electron chi connectivity index (χ0n) is 13.0. The summed E-state index contributed by atoms with van der Waals surface area (Å²) in [6.07, 6.45) is 0. The van der Waals surface area contributed by atoms with Crippen molar-refractivity contribution in [3.63, 3.8) is 0 Å². The predicted molar refractivity (Wildman–Crippen MR) is 87.4 cm³/mol. The Morgan fingerprint density at radius 1 is 0.636 bits per heavy atom. The second-order valence-electron chi connectivity index (χ2n) is 5.37. The van der Waals surface area contributed by atoms with Gasteiger partial charge in [-0.3, -0.25) is 0 Å². The Bertz CT molecular complexity index is 823. The molecule has 0 atom stereocenters. The first-order valence-corrected chi connectivity index (χ1v) is 6.99. The Morgan fingerprint density at radius 3 is 1.32 bits per heavy atom. The van der Waals surface area contributed by atoms with Crippen LogP contribution in [0.5, 0.6) is 23.0 Å². The summed E-state index contributed by atoms with van der Waals surface area (Å²) < 4.78 is 10.7. The second kappa shape index (κ2) is 4.98. The molecule has 0 saturated carbocycles. The van der Waals surface area contributed by atoms with Crippen molar-refractivity contribution < 1.29 is 19.7 Å². The molecule has 0 aliphatic carbocycles. The lowest BCUT2D eigenvalue weighted by Gasteiger charge is -2.17. The van der Waals surface area contributed by atoms with Crippen molar-refractivity contribution >= 4 is 21.5 Å². The zero-order valence-corrected chi connectivity index (χ0v) is 13.0. The van der Waals surface area contributed by atoms with Crippen molar-refractivity contribution in [3.8, 4) is 23.0 Å². The quantitative estimate of drug-likeness (QED) is 0.554. The fraction of sp³-hybridized carbons (Fsp3) is 0.222. The first-order valence-electron chi connectivity index (χ1n) is 6.99. The molecule has 0 saturated heterocycles. The largest absolute Gasteiger partial charge is 0.506 e. The number of aryl methyl sites for hydroxylation is 2. The SMILES string of the molecule is COc1ccc(OC)c2c(O)c3c(C)ccc(C)c3c(O)c12. The Kier molecular flexibility index (Phi) is 3.24. The maximum Gasteiger partial charge on any atom is 0.135 e. The van der Waals surface area contributed by atoms with E-state index in [0.717, 1.165) is 11.1 Å². The summed E-state index contributed by atoms with van der Waals surface area (Å²) in [6.45, 7) is 3.80. The van der Waals surface area contributed by atoms with Gasteiger partial charge in [-0.05, 0) is 37.1 Å². The van der Waals surface area contributed by atoms with E-state index < -0.39 is 0 Å². The van der Waals surface area contributed by atoms with Crippen LogP contribution in [0.25, 0.3) is 21.5 Å². The lowest BCUT2D eigenvalue weighted by molar-refractivity contribution is 0.405. The molecule has 4 nitrogen and oxygen atoms in total. The van der Waals surface area contributed by atoms with Crippen molar-refractivity contribution in [2.45, 2.75) is 13.8 Å². The maximum atomic E-state index is 10.8. The number of benzene rings is 3. The molecule has 0 heterocycles. The Balaban J connectivity index is 2.71. The van der Waals surface area contributed by atoms with Gasteiger partial charge in [-0.15, -0.1) is 0 Å². The van der Waals surface area contributed by atoms with Crippen LogP contribution in [-0.4, -0.2) is 24.4 Å². The van der Waals surface area contributed by atoms with Crippen molar-refractivity contribution in [1.29, 1.82) is 0 Å². The molecular formula is C18H18O4. The number of phenolic OH excluding ortho intramolecular Hbond substituents is 2. The molecule has 0 spiro atoms. The van der Waals surface area contributed by atoms with E-state index in [-0.39, 0.29) is 11.5 Å². The standard InChI is InChI=1S/C18H18O4/c1-9-5-6-10(2)14-13(9)17(19)15-11(21-3)7-8-12(22-4)16(15)18(14)20/h5-8,19-20H,1-4H3. The van der Waals surface area contributed by atoms with Crippen molar-refractivity contribution in [2.75, 3.05) is 14.2 Å². The van der Waals surface area contributed by atoms with Crippen molar-refractivity contribution in [1.82, 2.24) is 0 Å². The predicted octanol–water partition coefficient (Wildman–Crippen LogP) is 4.04. The monoisotopic (exact) mass is 298 g/mol. The Morgan fingerprint density at radius 2 is 1.00 bits per heavy atom. The normalized spacial score (nSPS) is 11.1. The van der Waals surface area contributed by atoms with E-state index in [0.29, 0.717) is 33.0 Å². The third-order valence-corrected chi connectivity index (χ3v) is 4.14. The first kappa shape index (κ1) is 14.3. The van der Waals surface area contributed by atoms with Gasteiger partial charge in [0.1, 0.15) is 23.0 Å². The van der Waals surface area contributed by atoms with Gasteiger partial charge < -0.3 is 19.7 Å². The molecular weight excluding hydrogens is 280 g/mol. The number of methoxy groups -OCH3 is 2. The summed E-state index contributed by atoms with van der Waals surface area (Å²) in [5.74, 6) is 1.18. The van der Waals surface area contributed by atoms with Gasteiger partial charge in [0.2, 0.25) is 0 Å². The molecule has 22 heavy (non-hydrogen) atoms. The number of aromatic hydroxyl groups is 2. The summed E-state index contributed by atoms with van der Waals surface area (Å²) in [5, 5.41) is 23.8. The highest BCUT2D eigenvalue weighted by Gasteiger charge is 2.21. The van der Waals surface area contributed by atoms with E-state index in [1.807, 2.05) is 26.0 Å². The van der Waals surface area contributed by atoms with Gasteiger partial charge >= 0.3 is 0 Å². The molecule has 0 aromatic heterocycles.